The second-order valence-corrected chi connectivity index (χ2v) is 3.67. The Balaban J connectivity index is 2.38. The van der Waals surface area contributed by atoms with E-state index in [4.69, 9.17) is 10.4 Å². The van der Waals surface area contributed by atoms with Crippen LogP contribution >= 0.6 is 0 Å². The van der Waals surface area contributed by atoms with E-state index >= 15 is 0 Å². The number of nitriles is 1. The summed E-state index contributed by atoms with van der Waals surface area (Å²) < 4.78 is 0. The molecule has 1 aromatic rings. The van der Waals surface area contributed by atoms with Crippen molar-refractivity contribution in [1.82, 2.24) is 10.6 Å². The van der Waals surface area contributed by atoms with Crippen molar-refractivity contribution in [2.75, 3.05) is 18.4 Å². The predicted octanol–water partition coefficient (Wildman–Crippen LogP) is -0.119. The van der Waals surface area contributed by atoms with Crippen LogP contribution < -0.4 is 16.0 Å². The molecule has 0 aliphatic carbocycles. The fourth-order valence-corrected chi connectivity index (χ4v) is 1.24. The first-order chi connectivity index (χ1) is 9.51. The molecule has 4 N–H and O–H groups in total. The van der Waals surface area contributed by atoms with Gasteiger partial charge >= 0.3 is 12.0 Å². The van der Waals surface area contributed by atoms with Crippen molar-refractivity contribution < 1.29 is 19.5 Å². The molecule has 0 spiro atoms. The van der Waals surface area contributed by atoms with Crippen LogP contribution in [0.25, 0.3) is 0 Å². The SMILES string of the molecule is N#Cc1cccc(NC(=O)NCC(=O)NCC(=O)O)c1. The number of hydrogen-bond donors (Lipinski definition) is 4. The Morgan fingerprint density at radius 2 is 1.95 bits per heavy atom. The van der Waals surface area contributed by atoms with Gasteiger partial charge in [0.1, 0.15) is 6.54 Å². The van der Waals surface area contributed by atoms with Crippen molar-refractivity contribution in [2.45, 2.75) is 0 Å². The molecule has 104 valence electrons. The second-order valence-electron chi connectivity index (χ2n) is 3.67. The van der Waals surface area contributed by atoms with Gasteiger partial charge in [0.05, 0.1) is 18.2 Å². The minimum absolute atomic E-state index is 0.350. The number of benzene rings is 1. The van der Waals surface area contributed by atoms with Gasteiger partial charge in [-0.25, -0.2) is 4.79 Å². The largest absolute Gasteiger partial charge is 0.480 e. The van der Waals surface area contributed by atoms with Gasteiger partial charge in [0, 0.05) is 5.69 Å². The predicted molar refractivity (Wildman–Crippen MR) is 68.8 cm³/mol. The topological polar surface area (TPSA) is 131 Å². The Labute approximate surface area is 114 Å². The number of amides is 3. The maximum Gasteiger partial charge on any atom is 0.322 e. The summed E-state index contributed by atoms with van der Waals surface area (Å²) in [5.74, 6) is -1.79. The summed E-state index contributed by atoms with van der Waals surface area (Å²) in [5, 5.41) is 23.8. The van der Waals surface area contributed by atoms with Crippen LogP contribution in [0.3, 0.4) is 0 Å². The van der Waals surface area contributed by atoms with Gasteiger partial charge in [0.15, 0.2) is 0 Å². The van der Waals surface area contributed by atoms with Crippen LogP contribution in [-0.4, -0.2) is 36.1 Å². The second kappa shape index (κ2) is 7.38. The van der Waals surface area contributed by atoms with E-state index in [1.807, 2.05) is 6.07 Å². The van der Waals surface area contributed by atoms with Gasteiger partial charge in [-0.15, -0.1) is 0 Å². The Bertz CT molecular complexity index is 565. The highest BCUT2D eigenvalue weighted by molar-refractivity contribution is 5.92. The average molecular weight is 276 g/mol. The van der Waals surface area contributed by atoms with Gasteiger partial charge in [-0.3, -0.25) is 9.59 Å². The summed E-state index contributed by atoms with van der Waals surface area (Å²) in [6.07, 6.45) is 0. The number of rotatable bonds is 5. The molecule has 0 aliphatic rings. The maximum atomic E-state index is 11.5. The number of carboxylic acid groups (broad SMARTS) is 1. The smallest absolute Gasteiger partial charge is 0.322 e. The van der Waals surface area contributed by atoms with E-state index in [-0.39, 0.29) is 6.54 Å². The highest BCUT2D eigenvalue weighted by Gasteiger charge is 2.07. The first-order valence-corrected chi connectivity index (χ1v) is 5.55. The lowest BCUT2D eigenvalue weighted by Gasteiger charge is -2.07. The fraction of sp³-hybridized carbons (Fsp3) is 0.167. The van der Waals surface area contributed by atoms with Crippen molar-refractivity contribution in [2.24, 2.45) is 0 Å². The average Bonchev–Trinajstić information content (AvgIpc) is 2.43. The van der Waals surface area contributed by atoms with E-state index < -0.39 is 24.5 Å². The number of carbonyl (C=O) groups is 3. The summed E-state index contributed by atoms with van der Waals surface area (Å²) >= 11 is 0. The van der Waals surface area contributed by atoms with E-state index in [0.29, 0.717) is 11.3 Å². The molecule has 1 rings (SSSR count). The molecule has 0 aromatic heterocycles. The van der Waals surface area contributed by atoms with E-state index in [9.17, 15) is 14.4 Å². The summed E-state index contributed by atoms with van der Waals surface area (Å²) in [7, 11) is 0. The van der Waals surface area contributed by atoms with Crippen molar-refractivity contribution >= 4 is 23.6 Å². The zero-order chi connectivity index (χ0) is 15.0. The van der Waals surface area contributed by atoms with Gasteiger partial charge in [0.2, 0.25) is 5.91 Å². The lowest BCUT2D eigenvalue weighted by atomic mass is 10.2. The van der Waals surface area contributed by atoms with Crippen LogP contribution in [0, 0.1) is 11.3 Å². The van der Waals surface area contributed by atoms with Gasteiger partial charge < -0.3 is 21.1 Å². The quantitative estimate of drug-likeness (QED) is 0.595. The minimum Gasteiger partial charge on any atom is -0.480 e. The molecule has 0 fully saturated rings. The highest BCUT2D eigenvalue weighted by Crippen LogP contribution is 2.09. The van der Waals surface area contributed by atoms with Crippen LogP contribution in [-0.2, 0) is 9.59 Å². The molecule has 8 heteroatoms. The van der Waals surface area contributed by atoms with Crippen molar-refractivity contribution in [3.8, 4) is 6.07 Å². The Kier molecular flexibility index (Phi) is 5.52. The molecule has 20 heavy (non-hydrogen) atoms. The van der Waals surface area contributed by atoms with Crippen LogP contribution in [0.15, 0.2) is 24.3 Å². The Morgan fingerprint density at radius 1 is 1.20 bits per heavy atom. The van der Waals surface area contributed by atoms with Gasteiger partial charge in [-0.1, -0.05) is 6.07 Å². The molecule has 0 atom stereocenters. The van der Waals surface area contributed by atoms with Crippen molar-refractivity contribution in [1.29, 1.82) is 5.26 Å². The lowest BCUT2D eigenvalue weighted by molar-refractivity contribution is -0.137. The van der Waals surface area contributed by atoms with Crippen molar-refractivity contribution in [3.05, 3.63) is 29.8 Å². The number of carboxylic acids is 1. The third-order valence-electron chi connectivity index (χ3n) is 2.10. The normalized spacial score (nSPS) is 9.15. The first kappa shape index (κ1) is 15.0. The fourth-order valence-electron chi connectivity index (χ4n) is 1.24. The zero-order valence-corrected chi connectivity index (χ0v) is 10.3. The standard InChI is InChI=1S/C12H12N4O4/c13-5-8-2-1-3-9(4-8)16-12(20)15-6-10(17)14-7-11(18)19/h1-4H,6-7H2,(H,14,17)(H,18,19)(H2,15,16,20). The molecule has 0 saturated carbocycles. The number of carbonyl (C=O) groups excluding carboxylic acids is 2. The molecular weight excluding hydrogens is 264 g/mol. The minimum atomic E-state index is -1.17. The molecule has 0 bridgehead atoms. The van der Waals surface area contributed by atoms with E-state index in [1.165, 1.54) is 6.07 Å². The number of aliphatic carboxylic acids is 1. The number of urea groups is 1. The van der Waals surface area contributed by atoms with Crippen LogP contribution in [0.4, 0.5) is 10.5 Å². The third-order valence-corrected chi connectivity index (χ3v) is 2.10. The molecule has 3 amide bonds. The maximum absolute atomic E-state index is 11.5. The lowest BCUT2D eigenvalue weighted by Crippen LogP contribution is -2.40. The molecule has 0 radical (unpaired) electrons. The molecule has 0 heterocycles. The van der Waals surface area contributed by atoms with Crippen molar-refractivity contribution in [3.63, 3.8) is 0 Å². The molecule has 0 aliphatic heterocycles. The number of nitrogens with zero attached hydrogens (tertiary/aromatic N) is 1. The monoisotopic (exact) mass is 276 g/mol. The van der Waals surface area contributed by atoms with E-state index in [2.05, 4.69) is 16.0 Å². The van der Waals surface area contributed by atoms with Gasteiger partial charge in [-0.2, -0.15) is 5.26 Å². The van der Waals surface area contributed by atoms with Crippen LogP contribution in [0.1, 0.15) is 5.56 Å². The molecular formula is C12H12N4O4. The number of hydrogen-bond acceptors (Lipinski definition) is 4. The number of anilines is 1. The zero-order valence-electron chi connectivity index (χ0n) is 10.3. The summed E-state index contributed by atoms with van der Waals surface area (Å²) in [4.78, 5) is 32.8. The highest BCUT2D eigenvalue weighted by atomic mass is 16.4. The van der Waals surface area contributed by atoms with Gasteiger partial charge in [-0.05, 0) is 18.2 Å². The molecule has 0 saturated heterocycles. The van der Waals surface area contributed by atoms with E-state index in [0.717, 1.165) is 0 Å². The Hall–Kier alpha value is -3.08. The molecule has 8 nitrogen and oxygen atoms in total. The third kappa shape index (κ3) is 5.50. The van der Waals surface area contributed by atoms with E-state index in [1.54, 1.807) is 18.2 Å². The first-order valence-electron chi connectivity index (χ1n) is 5.55. The van der Waals surface area contributed by atoms with Crippen LogP contribution in [0.5, 0.6) is 0 Å². The van der Waals surface area contributed by atoms with Crippen LogP contribution in [0.2, 0.25) is 0 Å². The summed E-state index contributed by atoms with van der Waals surface area (Å²) in [5.41, 5.74) is 0.800. The summed E-state index contributed by atoms with van der Waals surface area (Å²) in [6, 6.07) is 7.55. The summed E-state index contributed by atoms with van der Waals surface area (Å²) in [6.45, 7) is -0.858. The van der Waals surface area contributed by atoms with Gasteiger partial charge in [0.25, 0.3) is 0 Å². The number of nitrogens with one attached hydrogen (secondary N) is 3. The molecule has 0 unspecified atom stereocenters. The Morgan fingerprint density at radius 3 is 2.60 bits per heavy atom. The molecule has 1 aromatic carbocycles.